The quantitative estimate of drug-likeness (QED) is 0.507. The second-order valence-electron chi connectivity index (χ2n) is 2.19. The molecule has 0 bridgehead atoms. The van der Waals surface area contributed by atoms with Gasteiger partial charge in [0.1, 0.15) is 5.02 Å². The highest BCUT2D eigenvalue weighted by Gasteiger charge is 2.37. The summed E-state index contributed by atoms with van der Waals surface area (Å²) >= 11 is 15.6. The maximum absolute atomic E-state index is 12.7. The Balaban J connectivity index is 3.49. The van der Waals surface area contributed by atoms with Crippen molar-refractivity contribution in [3.63, 3.8) is 0 Å². The second-order valence-corrected chi connectivity index (χ2v) is 3.32. The van der Waals surface area contributed by atoms with Gasteiger partial charge in [0.05, 0.1) is 10.0 Å². The van der Waals surface area contributed by atoms with E-state index in [-0.39, 0.29) is 0 Å². The first-order chi connectivity index (χ1) is 6.25. The monoisotopic (exact) mass is 267 g/mol. The summed E-state index contributed by atoms with van der Waals surface area (Å²) in [4.78, 5) is 2.56. The van der Waals surface area contributed by atoms with Crippen LogP contribution in [-0.2, 0) is 6.18 Å². The molecule has 0 atom stereocenters. The molecule has 0 aromatic carbocycles. The molecule has 0 aliphatic carbocycles. The minimum atomic E-state index is -4.87. The van der Waals surface area contributed by atoms with E-state index < -0.39 is 32.9 Å². The van der Waals surface area contributed by atoms with Crippen LogP contribution in [-0.4, -0.2) is 4.98 Å². The summed E-state index contributed by atoms with van der Waals surface area (Å²) in [5.74, 6) is -1.51. The fraction of sp³-hybridized carbons (Fsp3) is 0.167. The fourth-order valence-corrected chi connectivity index (χ4v) is 1.27. The number of halogens is 7. The van der Waals surface area contributed by atoms with Crippen LogP contribution in [0.1, 0.15) is 5.69 Å². The molecule has 1 heterocycles. The third kappa shape index (κ3) is 2.04. The Bertz CT molecular complexity index is 376. The summed E-state index contributed by atoms with van der Waals surface area (Å²) in [6.45, 7) is 0. The number of hydrogen-bond acceptors (Lipinski definition) is 1. The van der Waals surface area contributed by atoms with Gasteiger partial charge in [-0.3, -0.25) is 0 Å². The molecule has 1 aromatic rings. The predicted molar refractivity (Wildman–Crippen MR) is 44.2 cm³/mol. The summed E-state index contributed by atoms with van der Waals surface area (Å²) in [6.07, 6.45) is -4.87. The summed E-state index contributed by atoms with van der Waals surface area (Å²) in [6, 6.07) is 0. The van der Waals surface area contributed by atoms with Crippen molar-refractivity contribution in [3.8, 4) is 0 Å². The van der Waals surface area contributed by atoms with Gasteiger partial charge in [0.15, 0.2) is 5.69 Å². The van der Waals surface area contributed by atoms with Crippen LogP contribution in [0.4, 0.5) is 17.6 Å². The number of nitrogens with zero attached hydrogens (tertiary/aromatic N) is 1. The minimum Gasteiger partial charge on any atom is -0.212 e. The van der Waals surface area contributed by atoms with Crippen LogP contribution in [0.3, 0.4) is 0 Å². The number of pyridine rings is 1. The molecule has 0 radical (unpaired) electrons. The maximum Gasteiger partial charge on any atom is 0.435 e. The Morgan fingerprint density at radius 1 is 0.929 bits per heavy atom. The Morgan fingerprint density at radius 3 is 1.86 bits per heavy atom. The average Bonchev–Trinajstić information content (AvgIpc) is 2.06. The first-order valence-electron chi connectivity index (χ1n) is 3.02. The molecule has 1 rings (SSSR count). The minimum absolute atomic E-state index is 0.701. The lowest BCUT2D eigenvalue weighted by Crippen LogP contribution is -2.10. The largest absolute Gasteiger partial charge is 0.435 e. The number of aromatic nitrogens is 1. The van der Waals surface area contributed by atoms with E-state index >= 15 is 0 Å². The highest BCUT2D eigenvalue weighted by molar-refractivity contribution is 6.48. The van der Waals surface area contributed by atoms with Crippen molar-refractivity contribution in [1.82, 2.24) is 4.98 Å². The first-order valence-corrected chi connectivity index (χ1v) is 4.15. The van der Waals surface area contributed by atoms with Crippen molar-refractivity contribution in [2.75, 3.05) is 0 Å². The van der Waals surface area contributed by atoms with Crippen LogP contribution < -0.4 is 0 Å². The standard InChI is InChI=1S/C6Cl3F4N/c7-1-2(8)4(6(11,12)13)14-5(10)3(1)9. The molecule has 0 saturated heterocycles. The van der Waals surface area contributed by atoms with E-state index in [9.17, 15) is 17.6 Å². The van der Waals surface area contributed by atoms with Crippen molar-refractivity contribution >= 4 is 34.8 Å². The fourth-order valence-electron chi connectivity index (χ4n) is 0.675. The molecule has 8 heteroatoms. The molecule has 1 nitrogen and oxygen atoms in total. The van der Waals surface area contributed by atoms with Gasteiger partial charge in [-0.05, 0) is 0 Å². The molecule has 78 valence electrons. The van der Waals surface area contributed by atoms with Crippen molar-refractivity contribution in [2.45, 2.75) is 6.18 Å². The number of rotatable bonds is 0. The average molecular weight is 268 g/mol. The van der Waals surface area contributed by atoms with Gasteiger partial charge >= 0.3 is 6.18 Å². The van der Waals surface area contributed by atoms with Gasteiger partial charge in [-0.2, -0.15) is 17.6 Å². The molecular weight excluding hydrogens is 268 g/mol. The Hall–Kier alpha value is -0.260. The Labute approximate surface area is 90.6 Å². The van der Waals surface area contributed by atoms with Gasteiger partial charge in [0.25, 0.3) is 0 Å². The van der Waals surface area contributed by atoms with Crippen molar-refractivity contribution in [1.29, 1.82) is 0 Å². The molecule has 0 fully saturated rings. The van der Waals surface area contributed by atoms with Crippen LogP contribution >= 0.6 is 34.8 Å². The van der Waals surface area contributed by atoms with E-state index in [0.29, 0.717) is 0 Å². The van der Waals surface area contributed by atoms with Crippen LogP contribution in [0.5, 0.6) is 0 Å². The molecule has 14 heavy (non-hydrogen) atoms. The van der Waals surface area contributed by atoms with Gasteiger partial charge in [-0.25, -0.2) is 4.98 Å². The maximum atomic E-state index is 12.7. The topological polar surface area (TPSA) is 12.9 Å². The van der Waals surface area contributed by atoms with Crippen LogP contribution in [0, 0.1) is 5.95 Å². The first kappa shape index (κ1) is 11.8. The zero-order valence-electron chi connectivity index (χ0n) is 6.09. The molecule has 0 spiro atoms. The lowest BCUT2D eigenvalue weighted by molar-refractivity contribution is -0.141. The van der Waals surface area contributed by atoms with E-state index in [1.54, 1.807) is 0 Å². The van der Waals surface area contributed by atoms with E-state index in [4.69, 9.17) is 34.8 Å². The molecule has 0 aliphatic rings. The van der Waals surface area contributed by atoms with Crippen molar-refractivity contribution in [3.05, 3.63) is 26.7 Å². The van der Waals surface area contributed by atoms with Gasteiger partial charge in [0, 0.05) is 0 Å². The molecule has 1 aromatic heterocycles. The van der Waals surface area contributed by atoms with Gasteiger partial charge in [0.2, 0.25) is 5.95 Å². The highest BCUT2D eigenvalue weighted by atomic mass is 35.5. The van der Waals surface area contributed by atoms with E-state index in [0.717, 1.165) is 0 Å². The van der Waals surface area contributed by atoms with E-state index in [1.165, 1.54) is 0 Å². The molecule has 0 aliphatic heterocycles. The Morgan fingerprint density at radius 2 is 1.43 bits per heavy atom. The van der Waals surface area contributed by atoms with Crippen LogP contribution in [0.15, 0.2) is 0 Å². The third-order valence-corrected chi connectivity index (χ3v) is 2.54. The smallest absolute Gasteiger partial charge is 0.212 e. The van der Waals surface area contributed by atoms with Crippen LogP contribution in [0.25, 0.3) is 0 Å². The lowest BCUT2D eigenvalue weighted by Gasteiger charge is -2.09. The highest BCUT2D eigenvalue weighted by Crippen LogP contribution is 2.40. The van der Waals surface area contributed by atoms with Gasteiger partial charge < -0.3 is 0 Å². The molecule has 0 unspecified atom stereocenters. The third-order valence-electron chi connectivity index (χ3n) is 1.25. The summed E-state index contributed by atoms with van der Waals surface area (Å²) in [7, 11) is 0. The number of hydrogen-bond donors (Lipinski definition) is 0. The lowest BCUT2D eigenvalue weighted by atomic mass is 10.3. The predicted octanol–water partition coefficient (Wildman–Crippen LogP) is 4.20. The van der Waals surface area contributed by atoms with E-state index in [2.05, 4.69) is 4.98 Å². The SMILES string of the molecule is Fc1nc(C(F)(F)F)c(Cl)c(Cl)c1Cl. The second kappa shape index (κ2) is 3.72. The van der Waals surface area contributed by atoms with Crippen LogP contribution in [0.2, 0.25) is 15.1 Å². The molecular formula is C6Cl3F4N. The van der Waals surface area contributed by atoms with E-state index in [1.807, 2.05) is 0 Å². The summed E-state index contributed by atoms with van der Waals surface area (Å²) in [5, 5.41) is -2.34. The molecule has 0 amide bonds. The summed E-state index contributed by atoms with van der Waals surface area (Å²) in [5.41, 5.74) is -1.59. The number of alkyl halides is 3. The van der Waals surface area contributed by atoms with Gasteiger partial charge in [-0.1, -0.05) is 34.8 Å². The summed E-state index contributed by atoms with van der Waals surface area (Å²) < 4.78 is 49.0. The molecule has 0 saturated carbocycles. The Kier molecular flexibility index (Phi) is 3.13. The zero-order chi connectivity index (χ0) is 11.1. The van der Waals surface area contributed by atoms with Gasteiger partial charge in [-0.15, -0.1) is 0 Å². The van der Waals surface area contributed by atoms with Crippen molar-refractivity contribution in [2.24, 2.45) is 0 Å². The zero-order valence-corrected chi connectivity index (χ0v) is 8.36. The molecule has 0 N–H and O–H groups in total. The van der Waals surface area contributed by atoms with Crippen molar-refractivity contribution < 1.29 is 17.6 Å². The normalized spacial score (nSPS) is 11.9.